The molecule has 3 heteroatoms. The molecule has 0 saturated heterocycles. The van der Waals surface area contributed by atoms with Gasteiger partial charge in [0.25, 0.3) is 0 Å². The van der Waals surface area contributed by atoms with E-state index >= 15 is 0 Å². The standard InChI is InChI=1S/C11H19NOS/c1-3-9(12)10(13)7-8(2)11-5-4-6-14-11/h4-6,8-10,13H,3,7,12H2,1-2H3. The quantitative estimate of drug-likeness (QED) is 0.788. The summed E-state index contributed by atoms with van der Waals surface area (Å²) in [6.07, 6.45) is 1.21. The molecule has 2 nitrogen and oxygen atoms in total. The summed E-state index contributed by atoms with van der Waals surface area (Å²) >= 11 is 1.74. The van der Waals surface area contributed by atoms with Crippen LogP contribution in [0.4, 0.5) is 0 Å². The fraction of sp³-hybridized carbons (Fsp3) is 0.636. The average Bonchev–Trinajstić information content (AvgIpc) is 2.69. The van der Waals surface area contributed by atoms with E-state index in [-0.39, 0.29) is 12.1 Å². The predicted molar refractivity (Wildman–Crippen MR) is 61.6 cm³/mol. The third-order valence-corrected chi connectivity index (χ3v) is 3.69. The molecule has 0 fully saturated rings. The van der Waals surface area contributed by atoms with E-state index in [0.29, 0.717) is 5.92 Å². The molecular formula is C11H19NOS. The molecule has 1 rings (SSSR count). The van der Waals surface area contributed by atoms with E-state index in [4.69, 9.17) is 5.73 Å². The normalized spacial score (nSPS) is 17.7. The van der Waals surface area contributed by atoms with E-state index in [0.717, 1.165) is 12.8 Å². The first kappa shape index (κ1) is 11.7. The highest BCUT2D eigenvalue weighted by Crippen LogP contribution is 2.25. The molecule has 3 N–H and O–H groups in total. The summed E-state index contributed by atoms with van der Waals surface area (Å²) in [6.45, 7) is 4.14. The maximum atomic E-state index is 9.77. The van der Waals surface area contributed by atoms with Crippen LogP contribution in [0.15, 0.2) is 17.5 Å². The smallest absolute Gasteiger partial charge is 0.0697 e. The van der Waals surface area contributed by atoms with Gasteiger partial charge in [-0.1, -0.05) is 19.9 Å². The van der Waals surface area contributed by atoms with Crippen molar-refractivity contribution >= 4 is 11.3 Å². The summed E-state index contributed by atoms with van der Waals surface area (Å²) in [5.41, 5.74) is 5.77. The van der Waals surface area contributed by atoms with E-state index in [2.05, 4.69) is 18.4 Å². The third-order valence-electron chi connectivity index (χ3n) is 2.59. The lowest BCUT2D eigenvalue weighted by Crippen LogP contribution is -2.34. The minimum absolute atomic E-state index is 0.0857. The number of hydrogen-bond donors (Lipinski definition) is 2. The number of nitrogens with two attached hydrogens (primary N) is 1. The van der Waals surface area contributed by atoms with Crippen molar-refractivity contribution in [3.8, 4) is 0 Å². The molecule has 0 aromatic carbocycles. The number of aliphatic hydroxyl groups excluding tert-OH is 1. The molecule has 14 heavy (non-hydrogen) atoms. The SMILES string of the molecule is CCC(N)C(O)CC(C)c1cccs1. The van der Waals surface area contributed by atoms with Crippen molar-refractivity contribution in [1.82, 2.24) is 0 Å². The Morgan fingerprint density at radius 2 is 2.29 bits per heavy atom. The van der Waals surface area contributed by atoms with Gasteiger partial charge in [0.2, 0.25) is 0 Å². The van der Waals surface area contributed by atoms with Crippen molar-refractivity contribution in [2.75, 3.05) is 0 Å². The van der Waals surface area contributed by atoms with Gasteiger partial charge in [-0.25, -0.2) is 0 Å². The highest BCUT2D eigenvalue weighted by molar-refractivity contribution is 7.10. The lowest BCUT2D eigenvalue weighted by atomic mass is 9.97. The number of rotatable bonds is 5. The van der Waals surface area contributed by atoms with E-state index in [1.165, 1.54) is 4.88 Å². The molecule has 0 saturated carbocycles. The van der Waals surface area contributed by atoms with Gasteiger partial charge in [-0.15, -0.1) is 11.3 Å². The Bertz CT molecular complexity index is 248. The molecular weight excluding hydrogens is 194 g/mol. The van der Waals surface area contributed by atoms with Crippen molar-refractivity contribution in [1.29, 1.82) is 0 Å². The first-order chi connectivity index (χ1) is 6.65. The molecule has 1 aromatic heterocycles. The molecule has 3 atom stereocenters. The highest BCUT2D eigenvalue weighted by Gasteiger charge is 2.17. The first-order valence-corrected chi connectivity index (χ1v) is 6.00. The minimum Gasteiger partial charge on any atom is -0.391 e. The number of aliphatic hydroxyl groups is 1. The molecule has 0 aliphatic heterocycles. The molecule has 0 aliphatic carbocycles. The zero-order valence-corrected chi connectivity index (χ0v) is 9.63. The molecule has 0 bridgehead atoms. The summed E-state index contributed by atoms with van der Waals surface area (Å²) in [7, 11) is 0. The molecule has 0 aliphatic rings. The van der Waals surface area contributed by atoms with E-state index in [1.807, 2.05) is 13.0 Å². The molecule has 80 valence electrons. The number of thiophene rings is 1. The Morgan fingerprint density at radius 3 is 2.79 bits per heavy atom. The Kier molecular flexibility index (Phi) is 4.58. The predicted octanol–water partition coefficient (Wildman–Crippen LogP) is 2.34. The van der Waals surface area contributed by atoms with Crippen molar-refractivity contribution in [2.24, 2.45) is 5.73 Å². The fourth-order valence-corrected chi connectivity index (χ4v) is 2.30. The van der Waals surface area contributed by atoms with Gasteiger partial charge in [-0.05, 0) is 30.2 Å². The van der Waals surface area contributed by atoms with Crippen LogP contribution in [0.2, 0.25) is 0 Å². The molecule has 1 aromatic rings. The van der Waals surface area contributed by atoms with E-state index in [1.54, 1.807) is 11.3 Å². The minimum atomic E-state index is -0.378. The van der Waals surface area contributed by atoms with Crippen molar-refractivity contribution in [2.45, 2.75) is 44.8 Å². The van der Waals surface area contributed by atoms with Crippen LogP contribution in [-0.4, -0.2) is 17.3 Å². The van der Waals surface area contributed by atoms with Gasteiger partial charge in [-0.2, -0.15) is 0 Å². The average molecular weight is 213 g/mol. The molecule has 1 heterocycles. The van der Waals surface area contributed by atoms with Crippen LogP contribution in [0, 0.1) is 0 Å². The zero-order valence-electron chi connectivity index (χ0n) is 8.81. The summed E-state index contributed by atoms with van der Waals surface area (Å²) in [5, 5.41) is 11.8. The Morgan fingerprint density at radius 1 is 1.57 bits per heavy atom. The summed E-state index contributed by atoms with van der Waals surface area (Å²) in [6, 6.07) is 4.07. The molecule has 0 spiro atoms. The lowest BCUT2D eigenvalue weighted by Gasteiger charge is -2.20. The van der Waals surface area contributed by atoms with Gasteiger partial charge in [-0.3, -0.25) is 0 Å². The van der Waals surface area contributed by atoms with Gasteiger partial charge >= 0.3 is 0 Å². The summed E-state index contributed by atoms with van der Waals surface area (Å²) < 4.78 is 0. The van der Waals surface area contributed by atoms with Crippen molar-refractivity contribution in [3.63, 3.8) is 0 Å². The fourth-order valence-electron chi connectivity index (χ4n) is 1.50. The van der Waals surface area contributed by atoms with Crippen LogP contribution in [0.3, 0.4) is 0 Å². The lowest BCUT2D eigenvalue weighted by molar-refractivity contribution is 0.127. The van der Waals surface area contributed by atoms with Crippen molar-refractivity contribution < 1.29 is 5.11 Å². The van der Waals surface area contributed by atoms with Gasteiger partial charge in [0.05, 0.1) is 6.10 Å². The largest absolute Gasteiger partial charge is 0.391 e. The Balaban J connectivity index is 2.44. The van der Waals surface area contributed by atoms with Gasteiger partial charge in [0.15, 0.2) is 0 Å². The monoisotopic (exact) mass is 213 g/mol. The zero-order chi connectivity index (χ0) is 10.6. The van der Waals surface area contributed by atoms with Crippen LogP contribution in [0.5, 0.6) is 0 Å². The van der Waals surface area contributed by atoms with Crippen LogP contribution in [-0.2, 0) is 0 Å². The van der Waals surface area contributed by atoms with Crippen molar-refractivity contribution in [3.05, 3.63) is 22.4 Å². The van der Waals surface area contributed by atoms with Gasteiger partial charge in [0, 0.05) is 10.9 Å². The second-order valence-corrected chi connectivity index (χ2v) is 4.77. The second-order valence-electron chi connectivity index (χ2n) is 3.79. The van der Waals surface area contributed by atoms with E-state index in [9.17, 15) is 5.11 Å². The maximum absolute atomic E-state index is 9.77. The van der Waals surface area contributed by atoms with Crippen LogP contribution in [0.1, 0.15) is 37.5 Å². The first-order valence-electron chi connectivity index (χ1n) is 5.12. The Labute approximate surface area is 89.8 Å². The summed E-state index contributed by atoms with van der Waals surface area (Å²) in [5.74, 6) is 0.405. The van der Waals surface area contributed by atoms with Gasteiger partial charge in [0.1, 0.15) is 0 Å². The number of hydrogen-bond acceptors (Lipinski definition) is 3. The van der Waals surface area contributed by atoms with Crippen LogP contribution >= 0.6 is 11.3 Å². The summed E-state index contributed by atoms with van der Waals surface area (Å²) in [4.78, 5) is 1.33. The molecule has 0 amide bonds. The second kappa shape index (κ2) is 5.49. The van der Waals surface area contributed by atoms with Crippen LogP contribution < -0.4 is 5.73 Å². The van der Waals surface area contributed by atoms with Crippen LogP contribution in [0.25, 0.3) is 0 Å². The topological polar surface area (TPSA) is 46.2 Å². The maximum Gasteiger partial charge on any atom is 0.0697 e. The third kappa shape index (κ3) is 3.08. The van der Waals surface area contributed by atoms with Gasteiger partial charge < -0.3 is 10.8 Å². The molecule has 0 radical (unpaired) electrons. The Hall–Kier alpha value is -0.380. The highest BCUT2D eigenvalue weighted by atomic mass is 32.1. The molecule has 3 unspecified atom stereocenters. The van der Waals surface area contributed by atoms with E-state index < -0.39 is 0 Å².